The molecule has 0 amide bonds. The Hall–Kier alpha value is 0.630. The van der Waals surface area contributed by atoms with Crippen molar-refractivity contribution in [3.8, 4) is 0 Å². The van der Waals surface area contributed by atoms with Crippen LogP contribution in [0.3, 0.4) is 0 Å². The van der Waals surface area contributed by atoms with Crippen molar-refractivity contribution in [3.05, 3.63) is 0 Å². The molecule has 0 radical (unpaired) electrons. The minimum Gasteiger partial charge on any atom is -0.480 e. The summed E-state index contributed by atoms with van der Waals surface area (Å²) in [6, 6.07) is 0. The Balaban J connectivity index is 4.85. The van der Waals surface area contributed by atoms with Gasteiger partial charge in [-0.05, 0) is 13.3 Å². The van der Waals surface area contributed by atoms with Gasteiger partial charge in [0.2, 0.25) is 0 Å². The highest BCUT2D eigenvalue weighted by molar-refractivity contribution is 6.68. The van der Waals surface area contributed by atoms with Gasteiger partial charge in [0.15, 0.2) is 3.79 Å². The smallest absolute Gasteiger partial charge is 0.324 e. The Morgan fingerprint density at radius 3 is 2.07 bits per heavy atom. The van der Waals surface area contributed by atoms with E-state index < -0.39 is 20.6 Å². The van der Waals surface area contributed by atoms with Gasteiger partial charge in [-0.3, -0.25) is 4.79 Å². The molecule has 15 heavy (non-hydrogen) atoms. The molecule has 0 aromatic heterocycles. The molecule has 0 heterocycles. The van der Waals surface area contributed by atoms with Gasteiger partial charge in [0.25, 0.3) is 0 Å². The van der Waals surface area contributed by atoms with Crippen LogP contribution in [-0.2, 0) is 4.79 Å². The summed E-state index contributed by atoms with van der Waals surface area (Å²) in [7, 11) is 0. The van der Waals surface area contributed by atoms with E-state index in [4.69, 9.17) is 51.5 Å². The van der Waals surface area contributed by atoms with Crippen LogP contribution >= 0.6 is 46.4 Å². The van der Waals surface area contributed by atoms with Gasteiger partial charge in [-0.2, -0.15) is 0 Å². The first kappa shape index (κ1) is 15.6. The van der Waals surface area contributed by atoms with Gasteiger partial charge in [0.05, 0.1) is 0 Å². The molecule has 6 heteroatoms. The maximum Gasteiger partial charge on any atom is 0.324 e. The molecule has 2 atom stereocenters. The quantitative estimate of drug-likeness (QED) is 0.770. The average Bonchev–Trinajstić information content (AvgIpc) is 2.01. The summed E-state index contributed by atoms with van der Waals surface area (Å²) < 4.78 is -1.66. The number of alkyl halides is 4. The molecule has 1 N–H and O–H groups in total. The molecule has 90 valence electrons. The molecule has 2 nitrogen and oxygen atoms in total. The summed E-state index contributed by atoms with van der Waals surface area (Å²) >= 11 is 23.1. The molecule has 0 aliphatic rings. The molecule has 0 aromatic rings. The lowest BCUT2D eigenvalue weighted by Crippen LogP contribution is -2.44. The summed E-state index contributed by atoms with van der Waals surface area (Å²) in [5.41, 5.74) is 0. The standard InChI is InChI=1S/C9H14Cl4O2/c1-3-4-5-6(9(11,12)13)8(2,10)7(14)15/h6H,3-5H2,1-2H3,(H,14,15). The second-order valence-electron chi connectivity index (χ2n) is 3.62. The Morgan fingerprint density at radius 2 is 1.80 bits per heavy atom. The van der Waals surface area contributed by atoms with E-state index in [9.17, 15) is 4.79 Å². The van der Waals surface area contributed by atoms with Crippen molar-refractivity contribution in [2.75, 3.05) is 0 Å². The van der Waals surface area contributed by atoms with Crippen LogP contribution in [0.5, 0.6) is 0 Å². The molecule has 0 bridgehead atoms. The van der Waals surface area contributed by atoms with Crippen molar-refractivity contribution in [2.45, 2.75) is 41.8 Å². The third kappa shape index (κ3) is 4.56. The van der Waals surface area contributed by atoms with Gasteiger partial charge in [-0.25, -0.2) is 0 Å². The van der Waals surface area contributed by atoms with E-state index in [-0.39, 0.29) is 0 Å². The predicted molar refractivity (Wildman–Crippen MR) is 65.2 cm³/mol. The average molecular weight is 296 g/mol. The van der Waals surface area contributed by atoms with Crippen LogP contribution in [0.1, 0.15) is 33.1 Å². The number of halogens is 4. The largest absolute Gasteiger partial charge is 0.480 e. The fourth-order valence-electron chi connectivity index (χ4n) is 1.30. The molecular formula is C9H14Cl4O2. The minimum absolute atomic E-state index is 0.472. The lowest BCUT2D eigenvalue weighted by molar-refractivity contribution is -0.141. The second kappa shape index (κ2) is 5.81. The number of unbranched alkanes of at least 4 members (excludes halogenated alkanes) is 1. The summed E-state index contributed by atoms with van der Waals surface area (Å²) in [6.45, 7) is 3.33. The van der Waals surface area contributed by atoms with Crippen molar-refractivity contribution in [1.82, 2.24) is 0 Å². The van der Waals surface area contributed by atoms with Crippen LogP contribution in [-0.4, -0.2) is 19.7 Å². The minimum atomic E-state index is -1.66. The molecule has 0 fully saturated rings. The number of carbonyl (C=O) groups is 1. The molecule has 2 unspecified atom stereocenters. The first-order valence-electron chi connectivity index (χ1n) is 4.63. The molecular weight excluding hydrogens is 282 g/mol. The molecule has 0 saturated heterocycles. The SMILES string of the molecule is CCCCC(C(Cl)(Cl)Cl)C(C)(Cl)C(=O)O. The van der Waals surface area contributed by atoms with E-state index in [0.717, 1.165) is 12.8 Å². The zero-order valence-electron chi connectivity index (χ0n) is 8.57. The molecule has 0 spiro atoms. The highest BCUT2D eigenvalue weighted by Gasteiger charge is 2.49. The number of hydrogen-bond acceptors (Lipinski definition) is 1. The molecule has 0 aliphatic carbocycles. The highest BCUT2D eigenvalue weighted by Crippen LogP contribution is 2.46. The fourth-order valence-corrected chi connectivity index (χ4v) is 2.72. The van der Waals surface area contributed by atoms with E-state index in [1.54, 1.807) is 0 Å². The summed E-state index contributed by atoms with van der Waals surface area (Å²) in [5.74, 6) is -1.88. The molecule has 0 aromatic carbocycles. The Labute approximate surface area is 110 Å². The maximum absolute atomic E-state index is 11.0. The topological polar surface area (TPSA) is 37.3 Å². The van der Waals surface area contributed by atoms with Crippen molar-refractivity contribution in [3.63, 3.8) is 0 Å². The molecule has 0 aliphatic heterocycles. The number of carboxylic acid groups (broad SMARTS) is 1. The van der Waals surface area contributed by atoms with Crippen molar-refractivity contribution in [2.24, 2.45) is 5.92 Å². The van der Waals surface area contributed by atoms with Gasteiger partial charge in [0.1, 0.15) is 4.87 Å². The first-order chi connectivity index (χ1) is 6.64. The van der Waals surface area contributed by atoms with Crippen LogP contribution in [0.15, 0.2) is 0 Å². The van der Waals surface area contributed by atoms with E-state index in [2.05, 4.69) is 0 Å². The van der Waals surface area contributed by atoms with Gasteiger partial charge in [-0.15, -0.1) is 11.6 Å². The van der Waals surface area contributed by atoms with Crippen LogP contribution in [0.4, 0.5) is 0 Å². The van der Waals surface area contributed by atoms with Crippen LogP contribution in [0.25, 0.3) is 0 Å². The molecule has 0 rings (SSSR count). The number of rotatable bonds is 5. The Bertz CT molecular complexity index is 223. The number of hydrogen-bond donors (Lipinski definition) is 1. The fraction of sp³-hybridized carbons (Fsp3) is 0.889. The van der Waals surface area contributed by atoms with Crippen LogP contribution < -0.4 is 0 Å². The van der Waals surface area contributed by atoms with E-state index >= 15 is 0 Å². The highest BCUT2D eigenvalue weighted by atomic mass is 35.6. The van der Waals surface area contributed by atoms with Crippen molar-refractivity contribution in [1.29, 1.82) is 0 Å². The number of carboxylic acids is 1. The van der Waals surface area contributed by atoms with E-state index in [1.807, 2.05) is 6.92 Å². The van der Waals surface area contributed by atoms with Gasteiger partial charge < -0.3 is 5.11 Å². The monoisotopic (exact) mass is 294 g/mol. The predicted octanol–water partition coefficient (Wildman–Crippen LogP) is 4.25. The van der Waals surface area contributed by atoms with E-state index in [0.29, 0.717) is 6.42 Å². The maximum atomic E-state index is 11.0. The summed E-state index contributed by atoms with van der Waals surface area (Å²) in [4.78, 5) is 9.41. The van der Waals surface area contributed by atoms with Crippen LogP contribution in [0.2, 0.25) is 0 Å². The van der Waals surface area contributed by atoms with Crippen molar-refractivity contribution >= 4 is 52.4 Å². The Morgan fingerprint density at radius 1 is 1.33 bits per heavy atom. The first-order valence-corrected chi connectivity index (χ1v) is 6.14. The van der Waals surface area contributed by atoms with Gasteiger partial charge in [0, 0.05) is 5.92 Å². The van der Waals surface area contributed by atoms with Gasteiger partial charge in [-0.1, -0.05) is 54.6 Å². The lowest BCUT2D eigenvalue weighted by Gasteiger charge is -2.33. The lowest BCUT2D eigenvalue weighted by atomic mass is 9.89. The zero-order chi connectivity index (χ0) is 12.3. The second-order valence-corrected chi connectivity index (χ2v) is 6.77. The third-order valence-corrected chi connectivity index (χ3v) is 3.53. The van der Waals surface area contributed by atoms with Crippen LogP contribution in [0, 0.1) is 5.92 Å². The number of aliphatic carboxylic acids is 1. The third-order valence-electron chi connectivity index (χ3n) is 2.31. The molecule has 0 saturated carbocycles. The normalized spacial score (nSPS) is 18.3. The summed E-state index contributed by atoms with van der Waals surface area (Å²) in [6.07, 6.45) is 2.14. The zero-order valence-corrected chi connectivity index (χ0v) is 11.6. The van der Waals surface area contributed by atoms with Crippen molar-refractivity contribution < 1.29 is 9.90 Å². The summed E-state index contributed by atoms with van der Waals surface area (Å²) in [5, 5.41) is 8.97. The van der Waals surface area contributed by atoms with E-state index in [1.165, 1.54) is 6.92 Å². The van der Waals surface area contributed by atoms with Gasteiger partial charge >= 0.3 is 5.97 Å². The Kier molecular flexibility index (Phi) is 6.05.